The number of aromatic nitrogens is 1. The monoisotopic (exact) mass is 468 g/mol. The van der Waals surface area contributed by atoms with Crippen molar-refractivity contribution in [2.24, 2.45) is 5.73 Å². The SMILES string of the molecule is Cc1c[nH]c2ccccc12.N=C(CCc1ccccc1)N(C(=N)CNC(=O)CN)c1ccccc1. The quantitative estimate of drug-likeness (QED) is 0.201. The molecule has 0 aliphatic rings. The molecule has 0 atom stereocenters. The van der Waals surface area contributed by atoms with Gasteiger partial charge in [0.2, 0.25) is 5.91 Å². The third-order valence-electron chi connectivity index (χ3n) is 5.48. The summed E-state index contributed by atoms with van der Waals surface area (Å²) < 4.78 is 0. The number of rotatable bonds is 7. The highest BCUT2D eigenvalue weighted by Gasteiger charge is 2.17. The van der Waals surface area contributed by atoms with Gasteiger partial charge in [0, 0.05) is 29.2 Å². The van der Waals surface area contributed by atoms with Gasteiger partial charge in [0.05, 0.1) is 13.1 Å². The summed E-state index contributed by atoms with van der Waals surface area (Å²) in [5.74, 6) is 0.113. The van der Waals surface area contributed by atoms with Crippen LogP contribution in [0.25, 0.3) is 10.9 Å². The number of hydrogen-bond donors (Lipinski definition) is 5. The zero-order valence-corrected chi connectivity index (χ0v) is 19.9. The third-order valence-corrected chi connectivity index (χ3v) is 5.48. The maximum absolute atomic E-state index is 11.4. The molecule has 35 heavy (non-hydrogen) atoms. The molecule has 3 aromatic carbocycles. The summed E-state index contributed by atoms with van der Waals surface area (Å²) in [6.45, 7) is 2.02. The summed E-state index contributed by atoms with van der Waals surface area (Å²) in [5, 5.41) is 20.6. The van der Waals surface area contributed by atoms with Gasteiger partial charge in [-0.1, -0.05) is 66.7 Å². The van der Waals surface area contributed by atoms with Gasteiger partial charge in [-0.2, -0.15) is 0 Å². The molecule has 180 valence electrons. The number of aryl methyl sites for hydroxylation is 2. The number of anilines is 1. The number of H-pyrrole nitrogens is 1. The first-order valence-electron chi connectivity index (χ1n) is 11.5. The second kappa shape index (κ2) is 12.9. The molecule has 0 radical (unpaired) electrons. The maximum Gasteiger partial charge on any atom is 0.234 e. The van der Waals surface area contributed by atoms with Crippen molar-refractivity contribution in [2.75, 3.05) is 18.0 Å². The Morgan fingerprint density at radius 3 is 2.20 bits per heavy atom. The minimum Gasteiger partial charge on any atom is -0.361 e. The first-order chi connectivity index (χ1) is 17.0. The highest BCUT2D eigenvalue weighted by Crippen LogP contribution is 2.17. The molecule has 4 aromatic rings. The summed E-state index contributed by atoms with van der Waals surface area (Å²) in [5.41, 5.74) is 9.69. The van der Waals surface area contributed by atoms with Gasteiger partial charge in [-0.3, -0.25) is 20.5 Å². The van der Waals surface area contributed by atoms with Crippen LogP contribution >= 0.6 is 0 Å². The predicted octanol–water partition coefficient (Wildman–Crippen LogP) is 4.63. The lowest BCUT2D eigenvalue weighted by molar-refractivity contribution is -0.119. The number of benzene rings is 3. The maximum atomic E-state index is 11.4. The van der Waals surface area contributed by atoms with Crippen LogP contribution in [0.5, 0.6) is 0 Å². The average molecular weight is 469 g/mol. The molecule has 7 heteroatoms. The van der Waals surface area contributed by atoms with Crippen LogP contribution in [0.2, 0.25) is 0 Å². The summed E-state index contributed by atoms with van der Waals surface area (Å²) in [4.78, 5) is 16.1. The number of aromatic amines is 1. The number of amides is 1. The molecule has 0 fully saturated rings. The molecule has 1 heterocycles. The van der Waals surface area contributed by atoms with E-state index in [0.29, 0.717) is 18.7 Å². The standard InChI is InChI=1S/C19H23N5O.C9H9N/c20-13-19(25)23-14-18(22)24(16-9-5-2-6-10-16)17(21)12-11-15-7-3-1-4-8-15;1-7-6-10-9-5-3-2-4-8(7)9/h1-10,21-22H,11-14,20H2,(H,23,25);2-6,10H,1H3. The molecular formula is C28H32N6O. The van der Waals surface area contributed by atoms with Crippen molar-refractivity contribution in [1.29, 1.82) is 10.8 Å². The molecular weight excluding hydrogens is 436 g/mol. The second-order valence-electron chi connectivity index (χ2n) is 8.05. The van der Waals surface area contributed by atoms with E-state index in [1.807, 2.05) is 72.9 Å². The Morgan fingerprint density at radius 2 is 1.54 bits per heavy atom. The van der Waals surface area contributed by atoms with Gasteiger partial charge in [0.1, 0.15) is 11.7 Å². The van der Waals surface area contributed by atoms with Crippen molar-refractivity contribution in [1.82, 2.24) is 10.3 Å². The Bertz CT molecular complexity index is 1250. The summed E-state index contributed by atoms with van der Waals surface area (Å²) in [6.07, 6.45) is 3.24. The molecule has 4 rings (SSSR count). The van der Waals surface area contributed by atoms with Crippen molar-refractivity contribution < 1.29 is 4.79 Å². The highest BCUT2D eigenvalue weighted by molar-refractivity contribution is 6.18. The van der Waals surface area contributed by atoms with Crippen molar-refractivity contribution in [3.8, 4) is 0 Å². The predicted molar refractivity (Wildman–Crippen MR) is 144 cm³/mol. The molecule has 0 saturated carbocycles. The highest BCUT2D eigenvalue weighted by atomic mass is 16.1. The van der Waals surface area contributed by atoms with Crippen LogP contribution in [0, 0.1) is 17.7 Å². The molecule has 6 N–H and O–H groups in total. The van der Waals surface area contributed by atoms with Crippen molar-refractivity contribution in [2.45, 2.75) is 19.8 Å². The van der Waals surface area contributed by atoms with Gasteiger partial charge >= 0.3 is 0 Å². The topological polar surface area (TPSA) is 122 Å². The minimum atomic E-state index is -0.325. The smallest absolute Gasteiger partial charge is 0.234 e. The van der Waals surface area contributed by atoms with E-state index >= 15 is 0 Å². The van der Waals surface area contributed by atoms with Crippen LogP contribution in [-0.2, 0) is 11.2 Å². The van der Waals surface area contributed by atoms with Crippen LogP contribution < -0.4 is 16.0 Å². The number of nitrogens with zero attached hydrogens (tertiary/aromatic N) is 1. The fourth-order valence-electron chi connectivity index (χ4n) is 3.62. The lowest BCUT2D eigenvalue weighted by Gasteiger charge is -2.26. The largest absolute Gasteiger partial charge is 0.361 e. The number of amidine groups is 2. The average Bonchev–Trinajstić information content (AvgIpc) is 3.28. The van der Waals surface area contributed by atoms with Gasteiger partial charge in [-0.15, -0.1) is 0 Å². The van der Waals surface area contributed by atoms with Crippen molar-refractivity contribution in [3.05, 3.63) is 102 Å². The zero-order valence-electron chi connectivity index (χ0n) is 19.9. The first kappa shape index (κ1) is 25.4. The Balaban J connectivity index is 0.000000281. The normalized spacial score (nSPS) is 10.2. The Labute approximate surface area is 206 Å². The van der Waals surface area contributed by atoms with E-state index in [1.165, 1.54) is 16.5 Å². The fraction of sp³-hybridized carbons (Fsp3) is 0.179. The molecule has 0 spiro atoms. The van der Waals surface area contributed by atoms with Crippen LogP contribution in [0.1, 0.15) is 17.5 Å². The number of para-hydroxylation sites is 2. The van der Waals surface area contributed by atoms with Crippen molar-refractivity contribution in [3.63, 3.8) is 0 Å². The van der Waals surface area contributed by atoms with Gasteiger partial charge < -0.3 is 16.0 Å². The van der Waals surface area contributed by atoms with E-state index in [-0.39, 0.29) is 24.8 Å². The van der Waals surface area contributed by atoms with Gasteiger partial charge in [0.25, 0.3) is 0 Å². The van der Waals surface area contributed by atoms with E-state index in [0.717, 1.165) is 11.3 Å². The third kappa shape index (κ3) is 7.38. The molecule has 0 aliphatic carbocycles. The van der Waals surface area contributed by atoms with E-state index in [1.54, 1.807) is 4.90 Å². The van der Waals surface area contributed by atoms with E-state index in [4.69, 9.17) is 16.6 Å². The van der Waals surface area contributed by atoms with E-state index in [9.17, 15) is 4.79 Å². The van der Waals surface area contributed by atoms with Crippen LogP contribution in [0.15, 0.2) is 91.1 Å². The fourth-order valence-corrected chi connectivity index (χ4v) is 3.62. The molecule has 7 nitrogen and oxygen atoms in total. The first-order valence-corrected chi connectivity index (χ1v) is 11.5. The molecule has 0 saturated heterocycles. The lowest BCUT2D eigenvalue weighted by atomic mass is 10.1. The summed E-state index contributed by atoms with van der Waals surface area (Å²) >= 11 is 0. The van der Waals surface area contributed by atoms with Gasteiger partial charge in [-0.05, 0) is 42.7 Å². The Morgan fingerprint density at radius 1 is 0.914 bits per heavy atom. The Hall–Kier alpha value is -4.23. The molecule has 0 bridgehead atoms. The molecule has 1 amide bonds. The molecule has 0 unspecified atom stereocenters. The van der Waals surface area contributed by atoms with E-state index < -0.39 is 0 Å². The van der Waals surface area contributed by atoms with Gasteiger partial charge in [-0.25, -0.2) is 0 Å². The lowest BCUT2D eigenvalue weighted by Crippen LogP contribution is -2.44. The second-order valence-corrected chi connectivity index (χ2v) is 8.05. The van der Waals surface area contributed by atoms with Crippen molar-refractivity contribution >= 4 is 34.2 Å². The summed E-state index contributed by atoms with van der Waals surface area (Å²) in [6, 6.07) is 27.5. The number of fused-ring (bicyclic) bond motifs is 1. The minimum absolute atomic E-state index is 0.0264. The van der Waals surface area contributed by atoms with Crippen LogP contribution in [0.3, 0.4) is 0 Å². The van der Waals surface area contributed by atoms with E-state index in [2.05, 4.69) is 35.4 Å². The Kier molecular flexibility index (Phi) is 9.33. The summed E-state index contributed by atoms with van der Waals surface area (Å²) in [7, 11) is 0. The number of hydrogen-bond acceptors (Lipinski definition) is 4. The van der Waals surface area contributed by atoms with Crippen LogP contribution in [-0.4, -0.2) is 35.7 Å². The number of carbonyl (C=O) groups is 1. The van der Waals surface area contributed by atoms with Crippen LogP contribution in [0.4, 0.5) is 5.69 Å². The molecule has 0 aliphatic heterocycles. The van der Waals surface area contributed by atoms with Gasteiger partial charge in [0.15, 0.2) is 0 Å². The zero-order chi connectivity index (χ0) is 25.0. The number of carbonyl (C=O) groups excluding carboxylic acids is 1. The molecule has 1 aromatic heterocycles. The number of nitrogens with two attached hydrogens (primary N) is 1. The number of nitrogens with one attached hydrogen (secondary N) is 4.